The molecule has 0 saturated heterocycles. The van der Waals surface area contributed by atoms with E-state index >= 15 is 0 Å². The molecule has 0 aromatic heterocycles. The molecule has 0 fully saturated rings. The van der Waals surface area contributed by atoms with E-state index in [1.165, 1.54) is 6.07 Å². The summed E-state index contributed by atoms with van der Waals surface area (Å²) in [7, 11) is 1.65. The predicted molar refractivity (Wildman–Crippen MR) is 95.8 cm³/mol. The van der Waals surface area contributed by atoms with Gasteiger partial charge in [-0.1, -0.05) is 24.3 Å². The maximum atomic E-state index is 13.7. The number of rotatable bonds is 6. The monoisotopic (exact) mass is 329 g/mol. The third kappa shape index (κ3) is 5.26. The smallest absolute Gasteiger partial charge is 0.191 e. The maximum absolute atomic E-state index is 13.7. The Morgan fingerprint density at radius 3 is 2.67 bits per heavy atom. The van der Waals surface area contributed by atoms with Crippen molar-refractivity contribution in [2.24, 2.45) is 4.99 Å². The van der Waals surface area contributed by atoms with Crippen LogP contribution in [0.1, 0.15) is 23.6 Å². The van der Waals surface area contributed by atoms with Crippen molar-refractivity contribution in [2.75, 3.05) is 13.7 Å². The third-order valence-electron chi connectivity index (χ3n) is 3.51. The number of ether oxygens (including phenoxy) is 1. The quantitative estimate of drug-likeness (QED) is 0.631. The van der Waals surface area contributed by atoms with Crippen molar-refractivity contribution >= 4 is 5.96 Å². The summed E-state index contributed by atoms with van der Waals surface area (Å²) in [6.45, 7) is 5.66. The van der Waals surface area contributed by atoms with Gasteiger partial charge in [0, 0.05) is 18.7 Å². The number of aryl methyl sites for hydroxylation is 1. The van der Waals surface area contributed by atoms with Gasteiger partial charge in [0.15, 0.2) is 5.96 Å². The van der Waals surface area contributed by atoms with E-state index in [1.54, 1.807) is 19.2 Å². The topological polar surface area (TPSA) is 45.7 Å². The van der Waals surface area contributed by atoms with Crippen molar-refractivity contribution < 1.29 is 9.13 Å². The lowest BCUT2D eigenvalue weighted by Crippen LogP contribution is -2.37. The molecule has 0 saturated carbocycles. The molecule has 0 aliphatic carbocycles. The van der Waals surface area contributed by atoms with E-state index in [0.717, 1.165) is 23.4 Å². The number of hydrogen-bond acceptors (Lipinski definition) is 2. The highest BCUT2D eigenvalue weighted by Crippen LogP contribution is 2.17. The zero-order chi connectivity index (χ0) is 17.4. The van der Waals surface area contributed by atoms with Gasteiger partial charge in [0.2, 0.25) is 0 Å². The molecule has 2 rings (SSSR count). The fraction of sp³-hybridized carbons (Fsp3) is 0.316. The standard InChI is InChI=1S/C19H24FN3O/c1-4-21-19(23-13-16-7-5-6-8-18(16)20)22-12-15-9-14(2)10-17(11-15)24-3/h5-11H,4,12-13H2,1-3H3,(H2,21,22,23). The minimum absolute atomic E-state index is 0.218. The van der Waals surface area contributed by atoms with Gasteiger partial charge >= 0.3 is 0 Å². The molecule has 0 atom stereocenters. The van der Waals surface area contributed by atoms with Crippen LogP contribution in [0.4, 0.5) is 4.39 Å². The van der Waals surface area contributed by atoms with E-state index in [9.17, 15) is 4.39 Å². The Morgan fingerprint density at radius 2 is 1.96 bits per heavy atom. The Labute approximate surface area is 142 Å². The van der Waals surface area contributed by atoms with E-state index in [2.05, 4.69) is 21.7 Å². The van der Waals surface area contributed by atoms with E-state index in [-0.39, 0.29) is 5.82 Å². The fourth-order valence-electron chi connectivity index (χ4n) is 2.37. The summed E-state index contributed by atoms with van der Waals surface area (Å²) < 4.78 is 19.0. The molecular weight excluding hydrogens is 305 g/mol. The van der Waals surface area contributed by atoms with Crippen LogP contribution in [0.15, 0.2) is 47.5 Å². The van der Waals surface area contributed by atoms with Gasteiger partial charge in [-0.25, -0.2) is 9.38 Å². The second-order valence-electron chi connectivity index (χ2n) is 5.50. The molecule has 128 valence electrons. The second kappa shape index (κ2) is 8.91. The zero-order valence-electron chi connectivity index (χ0n) is 14.4. The molecule has 0 spiro atoms. The molecule has 0 bridgehead atoms. The lowest BCUT2D eigenvalue weighted by atomic mass is 10.1. The molecule has 0 aliphatic heterocycles. The molecule has 0 amide bonds. The van der Waals surface area contributed by atoms with E-state index in [0.29, 0.717) is 24.6 Å². The summed E-state index contributed by atoms with van der Waals surface area (Å²) in [6, 6.07) is 12.8. The number of guanidine groups is 1. The molecule has 0 radical (unpaired) electrons. The van der Waals surface area contributed by atoms with Crippen LogP contribution in [-0.2, 0) is 13.1 Å². The lowest BCUT2D eigenvalue weighted by molar-refractivity contribution is 0.414. The van der Waals surface area contributed by atoms with Crippen LogP contribution in [0.5, 0.6) is 5.75 Å². The highest BCUT2D eigenvalue weighted by atomic mass is 19.1. The van der Waals surface area contributed by atoms with Gasteiger partial charge in [-0.05, 0) is 43.2 Å². The first-order chi connectivity index (χ1) is 11.6. The van der Waals surface area contributed by atoms with Crippen LogP contribution in [-0.4, -0.2) is 19.6 Å². The summed E-state index contributed by atoms with van der Waals surface area (Å²) in [4.78, 5) is 4.56. The van der Waals surface area contributed by atoms with Crippen molar-refractivity contribution in [2.45, 2.75) is 26.9 Å². The largest absolute Gasteiger partial charge is 0.497 e. The molecule has 2 N–H and O–H groups in total. The molecule has 2 aromatic carbocycles. The minimum atomic E-state index is -0.218. The van der Waals surface area contributed by atoms with Crippen molar-refractivity contribution in [3.05, 3.63) is 65.0 Å². The van der Waals surface area contributed by atoms with E-state index < -0.39 is 0 Å². The first-order valence-electron chi connectivity index (χ1n) is 8.02. The van der Waals surface area contributed by atoms with Crippen molar-refractivity contribution in [3.63, 3.8) is 0 Å². The molecule has 4 nitrogen and oxygen atoms in total. The Balaban J connectivity index is 2.05. The maximum Gasteiger partial charge on any atom is 0.191 e. The predicted octanol–water partition coefficient (Wildman–Crippen LogP) is 3.40. The van der Waals surface area contributed by atoms with Crippen LogP contribution >= 0.6 is 0 Å². The highest BCUT2D eigenvalue weighted by molar-refractivity contribution is 5.79. The van der Waals surface area contributed by atoms with Crippen LogP contribution < -0.4 is 15.4 Å². The highest BCUT2D eigenvalue weighted by Gasteiger charge is 2.03. The third-order valence-corrected chi connectivity index (χ3v) is 3.51. The summed E-state index contributed by atoms with van der Waals surface area (Å²) in [5, 5.41) is 6.33. The van der Waals surface area contributed by atoms with Gasteiger partial charge in [-0.3, -0.25) is 0 Å². The summed E-state index contributed by atoms with van der Waals surface area (Å²) >= 11 is 0. The second-order valence-corrected chi connectivity index (χ2v) is 5.50. The number of nitrogens with zero attached hydrogens (tertiary/aromatic N) is 1. The molecule has 0 aliphatic rings. The van der Waals surface area contributed by atoms with Gasteiger partial charge in [-0.2, -0.15) is 0 Å². The molecular formula is C19H24FN3O. The number of benzene rings is 2. The molecule has 0 heterocycles. The number of halogens is 1. The van der Waals surface area contributed by atoms with Crippen LogP contribution in [0.25, 0.3) is 0 Å². The normalized spacial score (nSPS) is 11.2. The molecule has 2 aromatic rings. The SMILES string of the molecule is CCNC(=NCc1cc(C)cc(OC)c1)NCc1ccccc1F. The number of aliphatic imine (C=N–C) groups is 1. The van der Waals surface area contributed by atoms with Crippen molar-refractivity contribution in [3.8, 4) is 5.75 Å². The Morgan fingerprint density at radius 1 is 1.17 bits per heavy atom. The van der Waals surface area contributed by atoms with E-state index in [4.69, 9.17) is 4.74 Å². The lowest BCUT2D eigenvalue weighted by Gasteiger charge is -2.12. The van der Waals surface area contributed by atoms with Crippen LogP contribution in [0.3, 0.4) is 0 Å². The number of nitrogens with one attached hydrogen (secondary N) is 2. The average molecular weight is 329 g/mol. The first-order valence-corrected chi connectivity index (χ1v) is 8.02. The number of methoxy groups -OCH3 is 1. The van der Waals surface area contributed by atoms with E-state index in [1.807, 2.05) is 32.0 Å². The van der Waals surface area contributed by atoms with Gasteiger partial charge in [0.1, 0.15) is 11.6 Å². The minimum Gasteiger partial charge on any atom is -0.497 e. The Hall–Kier alpha value is -2.56. The summed E-state index contributed by atoms with van der Waals surface area (Å²) in [5.74, 6) is 1.26. The first kappa shape index (κ1) is 17.8. The zero-order valence-corrected chi connectivity index (χ0v) is 14.4. The molecule has 24 heavy (non-hydrogen) atoms. The summed E-state index contributed by atoms with van der Waals surface area (Å²) in [6.07, 6.45) is 0. The van der Waals surface area contributed by atoms with Crippen molar-refractivity contribution in [1.82, 2.24) is 10.6 Å². The van der Waals surface area contributed by atoms with Gasteiger partial charge in [-0.15, -0.1) is 0 Å². The van der Waals surface area contributed by atoms with Crippen molar-refractivity contribution in [1.29, 1.82) is 0 Å². The number of hydrogen-bond donors (Lipinski definition) is 2. The fourth-order valence-corrected chi connectivity index (χ4v) is 2.37. The average Bonchev–Trinajstić information content (AvgIpc) is 2.58. The summed E-state index contributed by atoms with van der Waals surface area (Å²) in [5.41, 5.74) is 2.80. The van der Waals surface area contributed by atoms with Gasteiger partial charge in [0.05, 0.1) is 13.7 Å². The Kier molecular flexibility index (Phi) is 6.61. The van der Waals surface area contributed by atoms with Gasteiger partial charge < -0.3 is 15.4 Å². The molecule has 5 heteroatoms. The Bertz CT molecular complexity index is 701. The molecule has 0 unspecified atom stereocenters. The van der Waals surface area contributed by atoms with Crippen LogP contribution in [0.2, 0.25) is 0 Å². The van der Waals surface area contributed by atoms with Crippen LogP contribution in [0, 0.1) is 12.7 Å². The van der Waals surface area contributed by atoms with Gasteiger partial charge in [0.25, 0.3) is 0 Å².